The van der Waals surface area contributed by atoms with E-state index in [1.165, 1.54) is 0 Å². The SMILES string of the molecule is CC1NNC(C)C1C(N)C(=O)N1CCN(c2ccc3nccn3n2)CC1. The van der Waals surface area contributed by atoms with Crippen molar-refractivity contribution in [3.8, 4) is 0 Å². The first-order chi connectivity index (χ1) is 12.5. The lowest BCUT2D eigenvalue weighted by atomic mass is 9.88. The summed E-state index contributed by atoms with van der Waals surface area (Å²) < 4.78 is 1.77. The summed E-state index contributed by atoms with van der Waals surface area (Å²) in [4.78, 5) is 21.1. The standard InChI is InChI=1S/C17H26N8O/c1-11-15(12(2)21-20-11)16(18)17(26)24-9-7-23(8-10-24)14-4-3-13-19-5-6-25(13)22-14/h3-6,11-12,15-16,20-21H,7-10,18H2,1-2H3. The summed E-state index contributed by atoms with van der Waals surface area (Å²) >= 11 is 0. The number of imidazole rings is 1. The number of rotatable bonds is 3. The average Bonchev–Trinajstić information content (AvgIpc) is 3.26. The fraction of sp³-hybridized carbons (Fsp3) is 0.588. The highest BCUT2D eigenvalue weighted by molar-refractivity contribution is 5.82. The Balaban J connectivity index is 1.39. The van der Waals surface area contributed by atoms with Gasteiger partial charge in [0.25, 0.3) is 0 Å². The van der Waals surface area contributed by atoms with Gasteiger partial charge in [0.15, 0.2) is 5.65 Å². The number of nitrogens with one attached hydrogen (secondary N) is 2. The van der Waals surface area contributed by atoms with Crippen LogP contribution in [0.3, 0.4) is 0 Å². The van der Waals surface area contributed by atoms with Crippen molar-refractivity contribution in [3.63, 3.8) is 0 Å². The molecule has 0 bridgehead atoms. The van der Waals surface area contributed by atoms with Crippen molar-refractivity contribution < 1.29 is 4.79 Å². The number of hydrogen-bond donors (Lipinski definition) is 3. The van der Waals surface area contributed by atoms with Crippen molar-refractivity contribution in [2.24, 2.45) is 11.7 Å². The van der Waals surface area contributed by atoms with Crippen LogP contribution in [-0.4, -0.2) is 69.7 Å². The van der Waals surface area contributed by atoms with Crippen molar-refractivity contribution in [2.75, 3.05) is 31.1 Å². The normalized spacial score (nSPS) is 27.9. The zero-order chi connectivity index (χ0) is 18.3. The summed E-state index contributed by atoms with van der Waals surface area (Å²) in [5, 5.41) is 4.58. The predicted molar refractivity (Wildman–Crippen MR) is 98.4 cm³/mol. The van der Waals surface area contributed by atoms with Crippen molar-refractivity contribution in [3.05, 3.63) is 24.5 Å². The van der Waals surface area contributed by atoms with Crippen LogP contribution in [0.4, 0.5) is 5.82 Å². The molecule has 0 aromatic carbocycles. The molecule has 2 aromatic rings. The molecule has 4 heterocycles. The maximum absolute atomic E-state index is 12.9. The number of aromatic nitrogens is 3. The van der Waals surface area contributed by atoms with Gasteiger partial charge in [-0.2, -0.15) is 0 Å². The van der Waals surface area contributed by atoms with E-state index >= 15 is 0 Å². The summed E-state index contributed by atoms with van der Waals surface area (Å²) in [6.07, 6.45) is 3.57. The molecule has 1 amide bonds. The van der Waals surface area contributed by atoms with Crippen LogP contribution in [-0.2, 0) is 4.79 Å². The van der Waals surface area contributed by atoms with Crippen molar-refractivity contribution >= 4 is 17.4 Å². The van der Waals surface area contributed by atoms with E-state index in [2.05, 4.69) is 39.7 Å². The summed E-state index contributed by atoms with van der Waals surface area (Å²) in [6, 6.07) is 3.80. The zero-order valence-corrected chi connectivity index (χ0v) is 15.2. The topological polar surface area (TPSA) is 104 Å². The molecule has 4 N–H and O–H groups in total. The Morgan fingerprint density at radius 1 is 1.19 bits per heavy atom. The Labute approximate surface area is 152 Å². The number of hydrazine groups is 1. The van der Waals surface area contributed by atoms with Crippen LogP contribution in [0.15, 0.2) is 24.5 Å². The van der Waals surface area contributed by atoms with Crippen LogP contribution >= 0.6 is 0 Å². The molecule has 2 saturated heterocycles. The largest absolute Gasteiger partial charge is 0.352 e. The molecule has 3 atom stereocenters. The monoisotopic (exact) mass is 358 g/mol. The van der Waals surface area contributed by atoms with Gasteiger partial charge < -0.3 is 15.5 Å². The van der Waals surface area contributed by atoms with Gasteiger partial charge in [-0.05, 0) is 26.0 Å². The highest BCUT2D eigenvalue weighted by atomic mass is 16.2. The summed E-state index contributed by atoms with van der Waals surface area (Å²) in [5.74, 6) is 1.03. The molecule has 2 aliphatic heterocycles. The van der Waals surface area contributed by atoms with Crippen LogP contribution < -0.4 is 21.5 Å². The first kappa shape index (κ1) is 17.2. The fourth-order valence-corrected chi connectivity index (χ4v) is 4.02. The summed E-state index contributed by atoms with van der Waals surface area (Å²) in [7, 11) is 0. The third-order valence-electron chi connectivity index (χ3n) is 5.55. The zero-order valence-electron chi connectivity index (χ0n) is 15.2. The lowest BCUT2D eigenvalue weighted by Crippen LogP contribution is -2.57. The molecule has 26 heavy (non-hydrogen) atoms. The minimum atomic E-state index is -0.491. The van der Waals surface area contributed by atoms with Crippen LogP contribution in [0.25, 0.3) is 5.65 Å². The van der Waals surface area contributed by atoms with E-state index in [1.807, 2.05) is 23.2 Å². The van der Waals surface area contributed by atoms with Crippen molar-refractivity contribution in [2.45, 2.75) is 32.0 Å². The fourth-order valence-electron chi connectivity index (χ4n) is 4.02. The van der Waals surface area contributed by atoms with Gasteiger partial charge in [-0.1, -0.05) is 0 Å². The summed E-state index contributed by atoms with van der Waals surface area (Å²) in [5.41, 5.74) is 13.5. The number of piperazine rings is 1. The minimum absolute atomic E-state index is 0.0388. The van der Waals surface area contributed by atoms with Gasteiger partial charge in [0.05, 0.1) is 6.04 Å². The van der Waals surface area contributed by atoms with Crippen LogP contribution in [0.2, 0.25) is 0 Å². The van der Waals surface area contributed by atoms with E-state index < -0.39 is 6.04 Å². The Bertz CT molecular complexity index is 774. The average molecular weight is 358 g/mol. The maximum atomic E-state index is 12.9. The second-order valence-electron chi connectivity index (χ2n) is 7.20. The van der Waals surface area contributed by atoms with Gasteiger partial charge in [0.2, 0.25) is 5.91 Å². The van der Waals surface area contributed by atoms with Gasteiger partial charge in [0, 0.05) is 56.6 Å². The van der Waals surface area contributed by atoms with Gasteiger partial charge >= 0.3 is 0 Å². The molecule has 0 spiro atoms. The molecule has 2 aromatic heterocycles. The van der Waals surface area contributed by atoms with E-state index in [1.54, 1.807) is 10.7 Å². The molecule has 2 aliphatic rings. The Morgan fingerprint density at radius 2 is 1.88 bits per heavy atom. The number of nitrogens with zero attached hydrogens (tertiary/aromatic N) is 5. The first-order valence-electron chi connectivity index (χ1n) is 9.15. The molecular formula is C17H26N8O. The molecule has 2 fully saturated rings. The minimum Gasteiger partial charge on any atom is -0.352 e. The number of anilines is 1. The molecular weight excluding hydrogens is 332 g/mol. The van der Waals surface area contributed by atoms with E-state index in [4.69, 9.17) is 5.73 Å². The van der Waals surface area contributed by atoms with E-state index in [-0.39, 0.29) is 23.9 Å². The number of carbonyl (C=O) groups is 1. The molecule has 9 nitrogen and oxygen atoms in total. The van der Waals surface area contributed by atoms with Gasteiger partial charge in [0.1, 0.15) is 5.82 Å². The Morgan fingerprint density at radius 3 is 2.58 bits per heavy atom. The number of amides is 1. The van der Waals surface area contributed by atoms with Crippen LogP contribution in [0.1, 0.15) is 13.8 Å². The van der Waals surface area contributed by atoms with Crippen molar-refractivity contribution in [1.29, 1.82) is 0 Å². The van der Waals surface area contributed by atoms with Crippen LogP contribution in [0, 0.1) is 5.92 Å². The second kappa shape index (κ2) is 6.82. The second-order valence-corrected chi connectivity index (χ2v) is 7.20. The molecule has 4 rings (SSSR count). The van der Waals surface area contributed by atoms with E-state index in [0.29, 0.717) is 13.1 Å². The Kier molecular flexibility index (Phi) is 4.51. The van der Waals surface area contributed by atoms with Gasteiger partial charge in [-0.15, -0.1) is 5.10 Å². The molecule has 0 radical (unpaired) electrons. The lowest BCUT2D eigenvalue weighted by molar-refractivity contribution is -0.134. The third-order valence-corrected chi connectivity index (χ3v) is 5.55. The van der Waals surface area contributed by atoms with Gasteiger partial charge in [-0.3, -0.25) is 15.6 Å². The molecule has 0 saturated carbocycles. The van der Waals surface area contributed by atoms with E-state index in [0.717, 1.165) is 24.6 Å². The molecule has 140 valence electrons. The lowest BCUT2D eigenvalue weighted by Gasteiger charge is -2.37. The molecule has 0 aliphatic carbocycles. The molecule has 9 heteroatoms. The highest BCUT2D eigenvalue weighted by Gasteiger charge is 2.39. The number of carbonyl (C=O) groups excluding carboxylic acids is 1. The number of hydrogen-bond acceptors (Lipinski definition) is 7. The van der Waals surface area contributed by atoms with Crippen LogP contribution in [0.5, 0.6) is 0 Å². The number of fused-ring (bicyclic) bond motifs is 1. The highest BCUT2D eigenvalue weighted by Crippen LogP contribution is 2.20. The smallest absolute Gasteiger partial charge is 0.240 e. The number of nitrogens with two attached hydrogens (primary N) is 1. The molecule has 3 unspecified atom stereocenters. The third kappa shape index (κ3) is 3.02. The maximum Gasteiger partial charge on any atom is 0.240 e. The Hall–Kier alpha value is -2.23. The quantitative estimate of drug-likeness (QED) is 0.660. The van der Waals surface area contributed by atoms with Crippen molar-refractivity contribution in [1.82, 2.24) is 30.3 Å². The summed E-state index contributed by atoms with van der Waals surface area (Å²) in [6.45, 7) is 6.93. The van der Waals surface area contributed by atoms with E-state index in [9.17, 15) is 4.79 Å². The van der Waals surface area contributed by atoms with Gasteiger partial charge in [-0.25, -0.2) is 9.50 Å². The predicted octanol–water partition coefficient (Wildman–Crippen LogP) is -0.794. The first-order valence-corrected chi connectivity index (χ1v) is 9.15.